The fraction of sp³-hybridized carbons (Fsp3) is 0.375. The molecule has 7 nitrogen and oxygen atoms in total. The molecule has 1 spiro atoms. The lowest BCUT2D eigenvalue weighted by Crippen LogP contribution is -2.55. The van der Waals surface area contributed by atoms with Crippen molar-refractivity contribution >= 4 is 29.1 Å². The molecule has 3 fully saturated rings. The van der Waals surface area contributed by atoms with Crippen LogP contribution in [0.15, 0.2) is 48.5 Å². The molecular formula is C24H23N3O4. The third kappa shape index (κ3) is 2.05. The summed E-state index contributed by atoms with van der Waals surface area (Å²) in [6, 6.07) is 14.6. The Morgan fingerprint density at radius 2 is 1.84 bits per heavy atom. The summed E-state index contributed by atoms with van der Waals surface area (Å²) in [5.74, 6) is -1.29. The minimum absolute atomic E-state index is 0.109. The molecule has 0 aliphatic carbocycles. The minimum atomic E-state index is -1.11. The summed E-state index contributed by atoms with van der Waals surface area (Å²) >= 11 is 0. The number of likely N-dealkylation sites (N-methyl/N-ethyl adjacent to an activating group) is 1. The zero-order valence-corrected chi connectivity index (χ0v) is 17.4. The largest absolute Gasteiger partial charge is 0.497 e. The van der Waals surface area contributed by atoms with E-state index in [2.05, 4.69) is 4.90 Å². The van der Waals surface area contributed by atoms with Crippen LogP contribution in [0.5, 0.6) is 5.75 Å². The molecule has 4 unspecified atom stereocenters. The topological polar surface area (TPSA) is 70.2 Å². The number of amides is 3. The molecular weight excluding hydrogens is 394 g/mol. The van der Waals surface area contributed by atoms with Crippen LogP contribution in [-0.2, 0) is 19.9 Å². The summed E-state index contributed by atoms with van der Waals surface area (Å²) < 4.78 is 5.30. The summed E-state index contributed by atoms with van der Waals surface area (Å²) in [5, 5.41) is 0. The number of fused-ring (bicyclic) bond motifs is 7. The van der Waals surface area contributed by atoms with E-state index in [9.17, 15) is 14.4 Å². The average molecular weight is 417 g/mol. The Morgan fingerprint density at radius 1 is 1.03 bits per heavy atom. The van der Waals surface area contributed by atoms with Gasteiger partial charge in [0.15, 0.2) is 0 Å². The van der Waals surface area contributed by atoms with E-state index in [1.54, 1.807) is 43.3 Å². The molecule has 6 rings (SSSR count). The van der Waals surface area contributed by atoms with Crippen LogP contribution in [0.2, 0.25) is 0 Å². The fourth-order valence-electron chi connectivity index (χ4n) is 6.45. The van der Waals surface area contributed by atoms with Crippen LogP contribution in [0.25, 0.3) is 0 Å². The molecule has 0 aromatic heterocycles. The second-order valence-electron chi connectivity index (χ2n) is 8.77. The Balaban J connectivity index is 1.56. The summed E-state index contributed by atoms with van der Waals surface area (Å²) in [7, 11) is 3.31. The molecule has 2 aromatic rings. The van der Waals surface area contributed by atoms with Crippen molar-refractivity contribution in [3.63, 3.8) is 0 Å². The van der Waals surface area contributed by atoms with E-state index in [1.807, 2.05) is 24.3 Å². The molecule has 4 aliphatic rings. The predicted octanol–water partition coefficient (Wildman–Crippen LogP) is 2.15. The van der Waals surface area contributed by atoms with Gasteiger partial charge in [0.25, 0.3) is 5.91 Å². The zero-order valence-electron chi connectivity index (χ0n) is 17.4. The molecule has 3 amide bonds. The van der Waals surface area contributed by atoms with Gasteiger partial charge < -0.3 is 9.64 Å². The third-order valence-corrected chi connectivity index (χ3v) is 7.59. The van der Waals surface area contributed by atoms with Gasteiger partial charge in [0, 0.05) is 30.4 Å². The highest BCUT2D eigenvalue weighted by Gasteiger charge is 2.75. The summed E-state index contributed by atoms with van der Waals surface area (Å²) in [4.78, 5) is 46.6. The molecule has 3 saturated heterocycles. The summed E-state index contributed by atoms with van der Waals surface area (Å²) in [6.07, 6.45) is 1.72. The number of hydrogen-bond acceptors (Lipinski definition) is 5. The first kappa shape index (κ1) is 18.6. The lowest BCUT2D eigenvalue weighted by atomic mass is 9.75. The number of imide groups is 1. The normalized spacial score (nSPS) is 31.5. The van der Waals surface area contributed by atoms with E-state index in [-0.39, 0.29) is 23.8 Å². The molecule has 7 heteroatoms. The van der Waals surface area contributed by atoms with Crippen molar-refractivity contribution in [3.8, 4) is 5.75 Å². The quantitative estimate of drug-likeness (QED) is 0.701. The van der Waals surface area contributed by atoms with Gasteiger partial charge in [0.2, 0.25) is 11.8 Å². The first-order valence-corrected chi connectivity index (χ1v) is 10.7. The van der Waals surface area contributed by atoms with Crippen LogP contribution in [0.1, 0.15) is 18.4 Å². The van der Waals surface area contributed by atoms with Crippen molar-refractivity contribution in [3.05, 3.63) is 54.1 Å². The van der Waals surface area contributed by atoms with Gasteiger partial charge in [-0.2, -0.15) is 0 Å². The van der Waals surface area contributed by atoms with Crippen molar-refractivity contribution in [1.29, 1.82) is 0 Å². The zero-order chi connectivity index (χ0) is 21.5. The number of rotatable bonds is 2. The van der Waals surface area contributed by atoms with Gasteiger partial charge in [-0.3, -0.25) is 19.3 Å². The van der Waals surface area contributed by atoms with Crippen LogP contribution >= 0.6 is 0 Å². The molecule has 158 valence electrons. The van der Waals surface area contributed by atoms with Crippen molar-refractivity contribution in [2.75, 3.05) is 30.5 Å². The van der Waals surface area contributed by atoms with Gasteiger partial charge in [-0.1, -0.05) is 24.3 Å². The second-order valence-corrected chi connectivity index (χ2v) is 8.77. The van der Waals surface area contributed by atoms with E-state index in [1.165, 1.54) is 4.90 Å². The number of carbonyl (C=O) groups is 3. The molecule has 0 bridgehead atoms. The van der Waals surface area contributed by atoms with Crippen LogP contribution < -0.4 is 14.5 Å². The van der Waals surface area contributed by atoms with Crippen molar-refractivity contribution in [1.82, 2.24) is 4.90 Å². The average Bonchev–Trinajstić information content (AvgIpc) is 3.48. The Hall–Kier alpha value is -3.19. The van der Waals surface area contributed by atoms with Crippen LogP contribution in [0, 0.1) is 11.8 Å². The first-order valence-electron chi connectivity index (χ1n) is 10.7. The van der Waals surface area contributed by atoms with Crippen molar-refractivity contribution < 1.29 is 19.1 Å². The van der Waals surface area contributed by atoms with Gasteiger partial charge in [-0.15, -0.1) is 0 Å². The number of para-hydroxylation sites is 1. The van der Waals surface area contributed by atoms with Crippen LogP contribution in [0.4, 0.5) is 11.4 Å². The van der Waals surface area contributed by atoms with Gasteiger partial charge in [0.05, 0.1) is 24.6 Å². The van der Waals surface area contributed by atoms with Gasteiger partial charge in [-0.05, 0) is 37.6 Å². The maximum atomic E-state index is 13.9. The molecule has 4 atom stereocenters. The highest BCUT2D eigenvalue weighted by molar-refractivity contribution is 6.26. The molecule has 0 N–H and O–H groups in total. The number of hydrogen-bond donors (Lipinski definition) is 0. The number of carbonyl (C=O) groups excluding carboxylic acids is 3. The number of nitrogens with zero attached hydrogens (tertiary/aromatic N) is 3. The number of anilines is 2. The predicted molar refractivity (Wildman–Crippen MR) is 114 cm³/mol. The highest BCUT2D eigenvalue weighted by atomic mass is 16.5. The standard InChI is InChI=1S/C24H23N3O4/c1-25-17-10-4-3-9-16(17)24(23(25)30)20-19(18-11-6-12-26(18)24)21(28)27(22(20)29)14-7-5-8-15(13-14)31-2/h3-5,7-10,13,18-20H,6,11-12H2,1-2H3. The Kier molecular flexibility index (Phi) is 3.69. The van der Waals surface area contributed by atoms with Crippen molar-refractivity contribution in [2.24, 2.45) is 11.8 Å². The number of methoxy groups -OCH3 is 1. The fourth-order valence-corrected chi connectivity index (χ4v) is 6.45. The lowest BCUT2D eigenvalue weighted by molar-refractivity contribution is -0.136. The summed E-state index contributed by atoms with van der Waals surface area (Å²) in [6.45, 7) is 0.714. The molecule has 31 heavy (non-hydrogen) atoms. The van der Waals surface area contributed by atoms with Crippen molar-refractivity contribution in [2.45, 2.75) is 24.4 Å². The van der Waals surface area contributed by atoms with Crippen LogP contribution in [-0.4, -0.2) is 49.4 Å². The lowest BCUT2D eigenvalue weighted by Gasteiger charge is -2.37. The van der Waals surface area contributed by atoms with E-state index < -0.39 is 17.4 Å². The van der Waals surface area contributed by atoms with Gasteiger partial charge in [-0.25, -0.2) is 4.90 Å². The highest BCUT2D eigenvalue weighted by Crippen LogP contribution is 2.61. The van der Waals surface area contributed by atoms with Gasteiger partial charge in [0.1, 0.15) is 11.3 Å². The Morgan fingerprint density at radius 3 is 2.65 bits per heavy atom. The smallest absolute Gasteiger partial charge is 0.252 e. The molecule has 4 aliphatic heterocycles. The maximum absolute atomic E-state index is 13.9. The third-order valence-electron chi connectivity index (χ3n) is 7.59. The Bertz CT molecular complexity index is 1150. The summed E-state index contributed by atoms with van der Waals surface area (Å²) in [5.41, 5.74) is 1.04. The van der Waals surface area contributed by atoms with E-state index in [0.717, 1.165) is 24.1 Å². The van der Waals surface area contributed by atoms with E-state index in [0.29, 0.717) is 18.0 Å². The molecule has 0 saturated carbocycles. The monoisotopic (exact) mass is 417 g/mol. The number of benzene rings is 2. The van der Waals surface area contributed by atoms with E-state index >= 15 is 0 Å². The first-order chi connectivity index (χ1) is 15.0. The van der Waals surface area contributed by atoms with Crippen LogP contribution in [0.3, 0.4) is 0 Å². The Labute approximate surface area is 180 Å². The van der Waals surface area contributed by atoms with Gasteiger partial charge >= 0.3 is 0 Å². The molecule has 2 aromatic carbocycles. The molecule has 0 radical (unpaired) electrons. The van der Waals surface area contributed by atoms with E-state index in [4.69, 9.17) is 4.74 Å². The minimum Gasteiger partial charge on any atom is -0.497 e. The SMILES string of the molecule is COc1cccc(N2C(=O)C3C4CCCN4C4(C(=O)N(C)c5ccccc54)C3C2=O)c1. The molecule has 4 heterocycles. The second kappa shape index (κ2) is 6.17. The maximum Gasteiger partial charge on any atom is 0.252 e. The number of ether oxygens (including phenoxy) is 1.